The van der Waals surface area contributed by atoms with E-state index in [1.165, 1.54) is 4.90 Å². The van der Waals surface area contributed by atoms with Crippen LogP contribution in [-0.4, -0.2) is 29.8 Å². The van der Waals surface area contributed by atoms with E-state index in [1.807, 2.05) is 44.2 Å². The van der Waals surface area contributed by atoms with Crippen molar-refractivity contribution in [3.05, 3.63) is 62.5 Å². The highest BCUT2D eigenvalue weighted by Crippen LogP contribution is 2.39. The summed E-state index contributed by atoms with van der Waals surface area (Å²) in [7, 11) is 1.57. The standard InChI is InChI=1S/C21H20BrNO4S/c1-4-27-17-10-15(9-16(22)19(17)26-3)11-18-20(24)23(21(25)28-18)12-14-7-5-13(2)6-8-14/h5-11H,4,12H2,1-3H3/b18-11-. The number of carbonyl (C=O) groups excluding carboxylic acids is 2. The normalized spacial score (nSPS) is 15.4. The van der Waals surface area contributed by atoms with Gasteiger partial charge in [-0.25, -0.2) is 0 Å². The molecule has 0 N–H and O–H groups in total. The lowest BCUT2D eigenvalue weighted by molar-refractivity contribution is -0.123. The van der Waals surface area contributed by atoms with E-state index in [2.05, 4.69) is 15.9 Å². The minimum absolute atomic E-state index is 0.263. The Labute approximate surface area is 176 Å². The highest BCUT2D eigenvalue weighted by molar-refractivity contribution is 9.10. The Bertz CT molecular complexity index is 940. The van der Waals surface area contributed by atoms with Crippen molar-refractivity contribution in [2.24, 2.45) is 0 Å². The van der Waals surface area contributed by atoms with Crippen molar-refractivity contribution in [3.63, 3.8) is 0 Å². The van der Waals surface area contributed by atoms with Gasteiger partial charge in [0.25, 0.3) is 11.1 Å². The third-order valence-electron chi connectivity index (χ3n) is 4.17. The van der Waals surface area contributed by atoms with Crippen LogP contribution in [0.25, 0.3) is 6.08 Å². The number of imide groups is 1. The van der Waals surface area contributed by atoms with Crippen molar-refractivity contribution < 1.29 is 19.1 Å². The summed E-state index contributed by atoms with van der Waals surface area (Å²) in [6, 6.07) is 11.4. The number of aryl methyl sites for hydroxylation is 1. The summed E-state index contributed by atoms with van der Waals surface area (Å²) in [6.45, 7) is 4.63. The number of benzene rings is 2. The predicted molar refractivity (Wildman–Crippen MR) is 115 cm³/mol. The number of hydrogen-bond donors (Lipinski definition) is 0. The van der Waals surface area contributed by atoms with Gasteiger partial charge < -0.3 is 9.47 Å². The van der Waals surface area contributed by atoms with Crippen LogP contribution in [0, 0.1) is 6.92 Å². The molecule has 0 aliphatic carbocycles. The summed E-state index contributed by atoms with van der Waals surface area (Å²) in [6.07, 6.45) is 1.70. The van der Waals surface area contributed by atoms with Gasteiger partial charge in [0.05, 0.1) is 29.6 Å². The highest BCUT2D eigenvalue weighted by atomic mass is 79.9. The molecule has 0 saturated carbocycles. The summed E-state index contributed by atoms with van der Waals surface area (Å²) in [5.41, 5.74) is 2.80. The first-order valence-corrected chi connectivity index (χ1v) is 10.3. The van der Waals surface area contributed by atoms with Crippen LogP contribution in [0.15, 0.2) is 45.8 Å². The number of halogens is 1. The lowest BCUT2D eigenvalue weighted by Gasteiger charge is -2.13. The number of carbonyl (C=O) groups is 2. The van der Waals surface area contributed by atoms with E-state index in [0.717, 1.165) is 28.5 Å². The minimum Gasteiger partial charge on any atom is -0.492 e. The average Bonchev–Trinajstić information content (AvgIpc) is 2.91. The molecule has 0 unspecified atom stereocenters. The van der Waals surface area contributed by atoms with E-state index in [-0.39, 0.29) is 17.7 Å². The predicted octanol–water partition coefficient (Wildman–Crippen LogP) is 5.40. The molecule has 146 valence electrons. The van der Waals surface area contributed by atoms with Gasteiger partial charge in [0.15, 0.2) is 11.5 Å². The lowest BCUT2D eigenvalue weighted by atomic mass is 10.1. The third-order valence-corrected chi connectivity index (χ3v) is 5.66. The van der Waals surface area contributed by atoms with Gasteiger partial charge in [-0.2, -0.15) is 0 Å². The van der Waals surface area contributed by atoms with Gasteiger partial charge in [-0.05, 0) is 70.9 Å². The Hall–Kier alpha value is -2.25. The first-order valence-electron chi connectivity index (χ1n) is 8.74. The van der Waals surface area contributed by atoms with Crippen molar-refractivity contribution in [3.8, 4) is 11.5 Å². The maximum atomic E-state index is 12.8. The second-order valence-corrected chi connectivity index (χ2v) is 8.07. The van der Waals surface area contributed by atoms with Crippen molar-refractivity contribution >= 4 is 44.9 Å². The second-order valence-electron chi connectivity index (χ2n) is 6.22. The van der Waals surface area contributed by atoms with Gasteiger partial charge in [0, 0.05) is 0 Å². The zero-order valence-electron chi connectivity index (χ0n) is 15.8. The second kappa shape index (κ2) is 8.84. The van der Waals surface area contributed by atoms with Gasteiger partial charge in [-0.15, -0.1) is 0 Å². The molecular formula is C21H20BrNO4S. The third kappa shape index (κ3) is 4.42. The fourth-order valence-corrected chi connectivity index (χ4v) is 4.26. The van der Waals surface area contributed by atoms with E-state index >= 15 is 0 Å². The van der Waals surface area contributed by atoms with Gasteiger partial charge >= 0.3 is 0 Å². The van der Waals surface area contributed by atoms with E-state index in [4.69, 9.17) is 9.47 Å². The number of thioether (sulfide) groups is 1. The van der Waals surface area contributed by atoms with Crippen LogP contribution >= 0.6 is 27.7 Å². The van der Waals surface area contributed by atoms with Crippen molar-refractivity contribution in [1.29, 1.82) is 0 Å². The molecule has 2 aromatic carbocycles. The number of methoxy groups -OCH3 is 1. The molecule has 1 aliphatic rings. The Morgan fingerprint density at radius 1 is 1.18 bits per heavy atom. The topological polar surface area (TPSA) is 55.8 Å². The van der Waals surface area contributed by atoms with Crippen LogP contribution in [0.3, 0.4) is 0 Å². The van der Waals surface area contributed by atoms with Crippen LogP contribution in [0.4, 0.5) is 4.79 Å². The molecule has 0 radical (unpaired) electrons. The van der Waals surface area contributed by atoms with E-state index in [0.29, 0.717) is 27.5 Å². The smallest absolute Gasteiger partial charge is 0.293 e. The molecule has 0 spiro atoms. The van der Waals surface area contributed by atoms with Crippen LogP contribution in [0.5, 0.6) is 11.5 Å². The van der Waals surface area contributed by atoms with E-state index in [1.54, 1.807) is 19.3 Å². The quantitative estimate of drug-likeness (QED) is 0.538. The molecule has 1 fully saturated rings. The molecule has 7 heteroatoms. The zero-order chi connectivity index (χ0) is 20.3. The molecule has 28 heavy (non-hydrogen) atoms. The van der Waals surface area contributed by atoms with Crippen LogP contribution in [-0.2, 0) is 11.3 Å². The highest BCUT2D eigenvalue weighted by Gasteiger charge is 2.35. The van der Waals surface area contributed by atoms with Crippen molar-refractivity contribution in [2.75, 3.05) is 13.7 Å². The summed E-state index contributed by atoms with van der Waals surface area (Å²) in [4.78, 5) is 26.8. The average molecular weight is 462 g/mol. The van der Waals surface area contributed by atoms with Gasteiger partial charge in [-0.1, -0.05) is 29.8 Å². The number of nitrogens with zero attached hydrogens (tertiary/aromatic N) is 1. The van der Waals surface area contributed by atoms with Crippen molar-refractivity contribution in [2.45, 2.75) is 20.4 Å². The number of hydrogen-bond acceptors (Lipinski definition) is 5. The Morgan fingerprint density at radius 3 is 2.54 bits per heavy atom. The molecule has 1 aliphatic heterocycles. The fourth-order valence-electron chi connectivity index (χ4n) is 2.80. The number of ether oxygens (including phenoxy) is 2. The summed E-state index contributed by atoms with van der Waals surface area (Å²) >= 11 is 4.41. The van der Waals surface area contributed by atoms with E-state index in [9.17, 15) is 9.59 Å². The first kappa shape index (κ1) is 20.5. The Kier molecular flexibility index (Phi) is 6.46. The largest absolute Gasteiger partial charge is 0.492 e. The van der Waals surface area contributed by atoms with Crippen molar-refractivity contribution in [1.82, 2.24) is 4.90 Å². The lowest BCUT2D eigenvalue weighted by Crippen LogP contribution is -2.27. The Balaban J connectivity index is 1.86. The van der Waals surface area contributed by atoms with Gasteiger partial charge in [-0.3, -0.25) is 14.5 Å². The molecule has 0 bridgehead atoms. The Morgan fingerprint density at radius 2 is 1.89 bits per heavy atom. The molecule has 0 aromatic heterocycles. The maximum absolute atomic E-state index is 12.8. The molecule has 2 amide bonds. The fraction of sp³-hybridized carbons (Fsp3) is 0.238. The minimum atomic E-state index is -0.291. The molecule has 5 nitrogen and oxygen atoms in total. The maximum Gasteiger partial charge on any atom is 0.293 e. The summed E-state index contributed by atoms with van der Waals surface area (Å²) < 4.78 is 11.7. The molecule has 2 aromatic rings. The molecule has 1 saturated heterocycles. The number of amides is 2. The molecule has 0 atom stereocenters. The van der Waals surface area contributed by atoms with Crippen LogP contribution in [0.2, 0.25) is 0 Å². The molecule has 3 rings (SSSR count). The molecular weight excluding hydrogens is 442 g/mol. The first-order chi connectivity index (χ1) is 13.4. The van der Waals surface area contributed by atoms with E-state index < -0.39 is 0 Å². The van der Waals surface area contributed by atoms with Gasteiger partial charge in [0.1, 0.15) is 0 Å². The monoisotopic (exact) mass is 461 g/mol. The van der Waals surface area contributed by atoms with Crippen LogP contribution in [0.1, 0.15) is 23.6 Å². The summed E-state index contributed by atoms with van der Waals surface area (Å²) in [5, 5.41) is -0.269. The van der Waals surface area contributed by atoms with Crippen LogP contribution < -0.4 is 9.47 Å². The number of rotatable bonds is 6. The van der Waals surface area contributed by atoms with Gasteiger partial charge in [0.2, 0.25) is 0 Å². The molecule has 1 heterocycles. The summed E-state index contributed by atoms with van der Waals surface area (Å²) in [5.74, 6) is 0.872. The zero-order valence-corrected chi connectivity index (χ0v) is 18.2. The SMILES string of the molecule is CCOc1cc(/C=C2\SC(=O)N(Cc3ccc(C)cc3)C2=O)cc(Br)c1OC.